The summed E-state index contributed by atoms with van der Waals surface area (Å²) in [6, 6.07) is 0. The molecule has 0 bridgehead atoms. The van der Waals surface area contributed by atoms with Gasteiger partial charge in [-0.2, -0.15) is 0 Å². The van der Waals surface area contributed by atoms with Crippen LogP contribution >= 0.6 is 0 Å². The van der Waals surface area contributed by atoms with Crippen molar-refractivity contribution in [2.45, 2.75) is 58.0 Å². The van der Waals surface area contributed by atoms with Gasteiger partial charge in [-0.3, -0.25) is 4.79 Å². The molecule has 0 aromatic carbocycles. The summed E-state index contributed by atoms with van der Waals surface area (Å²) in [5.41, 5.74) is 0. The van der Waals surface area contributed by atoms with E-state index in [1.54, 1.807) is 6.92 Å². The maximum atomic E-state index is 10.9. The molecule has 0 amide bonds. The molecule has 0 aromatic rings. The van der Waals surface area contributed by atoms with Gasteiger partial charge in [0.05, 0.1) is 13.2 Å². The van der Waals surface area contributed by atoms with Gasteiger partial charge in [-0.25, -0.2) is 0 Å². The van der Waals surface area contributed by atoms with Gasteiger partial charge in [-0.1, -0.05) is 24.3 Å². The maximum absolute atomic E-state index is 10.9. The van der Waals surface area contributed by atoms with E-state index >= 15 is 0 Å². The Bertz CT molecular complexity index is 331. The summed E-state index contributed by atoms with van der Waals surface area (Å²) in [4.78, 5) is 10.9. The van der Waals surface area contributed by atoms with E-state index in [1.165, 1.54) is 20.0 Å². The monoisotopic (exact) mass is 280 g/mol. The fourth-order valence-corrected chi connectivity index (χ4v) is 2.42. The minimum Gasteiger partial charge on any atom is -0.469 e. The van der Waals surface area contributed by atoms with Crippen molar-refractivity contribution in [1.29, 1.82) is 0 Å². The summed E-state index contributed by atoms with van der Waals surface area (Å²) >= 11 is 0. The normalized spacial score (nSPS) is 23.4. The standard InChI is InChI=1S/C17H28O3/c1-14(18)9-8-11-16-13-15(16)10-6-4-3-5-7-12-17(19)20-2/h3-4,8-9,14-16,18H,5-7,10-13H2,1-2H3/b4-3-,9-8+/t14?,15-,16+/m1/s1. The van der Waals surface area contributed by atoms with Gasteiger partial charge < -0.3 is 9.84 Å². The van der Waals surface area contributed by atoms with Crippen molar-refractivity contribution in [2.24, 2.45) is 11.8 Å². The molecule has 0 aromatic heterocycles. The molecular weight excluding hydrogens is 252 g/mol. The summed E-state index contributed by atoms with van der Waals surface area (Å²) in [5, 5.41) is 9.12. The number of rotatable bonds is 10. The SMILES string of the molecule is COC(=O)CCC/C=C\CC[C@@H]1C[C@@H]1C/C=C/C(C)O. The molecule has 0 heterocycles. The maximum Gasteiger partial charge on any atom is 0.305 e. The fourth-order valence-electron chi connectivity index (χ4n) is 2.42. The van der Waals surface area contributed by atoms with Crippen LogP contribution in [0.4, 0.5) is 0 Å². The number of aliphatic hydroxyl groups excluding tert-OH is 1. The third-order valence-corrected chi connectivity index (χ3v) is 3.77. The molecule has 1 aliphatic carbocycles. The number of unbranched alkanes of at least 4 members (excludes halogenated alkanes) is 1. The number of carbonyl (C=O) groups is 1. The highest BCUT2D eigenvalue weighted by Crippen LogP contribution is 2.44. The minimum atomic E-state index is -0.319. The van der Waals surface area contributed by atoms with Crippen molar-refractivity contribution in [3.8, 4) is 0 Å². The number of aliphatic hydroxyl groups is 1. The zero-order chi connectivity index (χ0) is 14.8. The van der Waals surface area contributed by atoms with E-state index in [0.717, 1.165) is 37.5 Å². The molecule has 1 rings (SSSR count). The molecule has 114 valence electrons. The van der Waals surface area contributed by atoms with Gasteiger partial charge >= 0.3 is 5.97 Å². The Labute approximate surface area is 122 Å². The lowest BCUT2D eigenvalue weighted by Gasteiger charge is -1.97. The third kappa shape index (κ3) is 8.16. The number of methoxy groups -OCH3 is 1. The molecule has 0 aliphatic heterocycles. The molecule has 0 spiro atoms. The third-order valence-electron chi connectivity index (χ3n) is 3.77. The predicted octanol–water partition coefficient (Wildman–Crippen LogP) is 3.63. The number of hydrogen-bond acceptors (Lipinski definition) is 3. The summed E-state index contributed by atoms with van der Waals surface area (Å²) < 4.78 is 4.59. The highest BCUT2D eigenvalue weighted by molar-refractivity contribution is 5.68. The fraction of sp³-hybridized carbons (Fsp3) is 0.706. The Morgan fingerprint density at radius 1 is 1.30 bits per heavy atom. The molecule has 1 saturated carbocycles. The second kappa shape index (κ2) is 9.76. The van der Waals surface area contributed by atoms with E-state index < -0.39 is 0 Å². The first-order valence-electron chi connectivity index (χ1n) is 7.70. The van der Waals surface area contributed by atoms with Gasteiger partial charge in [0.1, 0.15) is 0 Å². The van der Waals surface area contributed by atoms with Crippen molar-refractivity contribution >= 4 is 5.97 Å². The van der Waals surface area contributed by atoms with Gasteiger partial charge in [0.25, 0.3) is 0 Å². The van der Waals surface area contributed by atoms with E-state index in [9.17, 15) is 4.79 Å². The van der Waals surface area contributed by atoms with Gasteiger partial charge in [-0.15, -0.1) is 0 Å². The Balaban J connectivity index is 1.94. The van der Waals surface area contributed by atoms with E-state index in [1.807, 2.05) is 6.08 Å². The predicted molar refractivity (Wildman–Crippen MR) is 81.3 cm³/mol. The Hall–Kier alpha value is -1.09. The van der Waals surface area contributed by atoms with Crippen LogP contribution in [0.2, 0.25) is 0 Å². The Morgan fingerprint density at radius 3 is 2.75 bits per heavy atom. The Kier molecular flexibility index (Phi) is 8.28. The van der Waals surface area contributed by atoms with Crippen LogP contribution in [-0.2, 0) is 9.53 Å². The van der Waals surface area contributed by atoms with E-state index in [2.05, 4.69) is 23.0 Å². The second-order valence-electron chi connectivity index (χ2n) is 5.68. The van der Waals surface area contributed by atoms with Gasteiger partial charge in [-0.05, 0) is 57.3 Å². The molecule has 1 unspecified atom stereocenters. The molecule has 3 heteroatoms. The van der Waals surface area contributed by atoms with Crippen LogP contribution < -0.4 is 0 Å². The average molecular weight is 280 g/mol. The van der Waals surface area contributed by atoms with E-state index in [4.69, 9.17) is 5.11 Å². The molecule has 0 saturated heterocycles. The van der Waals surface area contributed by atoms with Gasteiger partial charge in [0.15, 0.2) is 0 Å². The van der Waals surface area contributed by atoms with E-state index in [0.29, 0.717) is 6.42 Å². The van der Waals surface area contributed by atoms with Crippen LogP contribution in [0.1, 0.15) is 51.9 Å². The topological polar surface area (TPSA) is 46.5 Å². The largest absolute Gasteiger partial charge is 0.469 e. The highest BCUT2D eigenvalue weighted by atomic mass is 16.5. The second-order valence-corrected chi connectivity index (χ2v) is 5.68. The van der Waals surface area contributed by atoms with Crippen LogP contribution in [0.25, 0.3) is 0 Å². The molecule has 0 radical (unpaired) electrons. The van der Waals surface area contributed by atoms with Gasteiger partial charge in [0.2, 0.25) is 0 Å². The van der Waals surface area contributed by atoms with Crippen LogP contribution in [0, 0.1) is 11.8 Å². The lowest BCUT2D eigenvalue weighted by Crippen LogP contribution is -1.98. The number of allylic oxidation sites excluding steroid dienone is 3. The van der Waals surface area contributed by atoms with Crippen molar-refractivity contribution < 1.29 is 14.6 Å². The molecule has 20 heavy (non-hydrogen) atoms. The van der Waals surface area contributed by atoms with Crippen molar-refractivity contribution in [2.75, 3.05) is 7.11 Å². The number of ether oxygens (including phenoxy) is 1. The first-order chi connectivity index (χ1) is 9.63. The molecule has 1 fully saturated rings. The summed E-state index contributed by atoms with van der Waals surface area (Å²) in [6.07, 6.45) is 15.3. The lowest BCUT2D eigenvalue weighted by molar-refractivity contribution is -0.140. The lowest BCUT2D eigenvalue weighted by atomic mass is 10.1. The molecular formula is C17H28O3. The quantitative estimate of drug-likeness (QED) is 0.377. The number of esters is 1. The average Bonchev–Trinajstić information content (AvgIpc) is 3.15. The van der Waals surface area contributed by atoms with Crippen LogP contribution in [0.5, 0.6) is 0 Å². The first kappa shape index (κ1) is 17.0. The zero-order valence-electron chi connectivity index (χ0n) is 12.8. The summed E-state index contributed by atoms with van der Waals surface area (Å²) in [6.45, 7) is 1.78. The molecule has 3 atom stereocenters. The highest BCUT2D eigenvalue weighted by Gasteiger charge is 2.34. The van der Waals surface area contributed by atoms with Crippen molar-refractivity contribution in [3.63, 3.8) is 0 Å². The van der Waals surface area contributed by atoms with E-state index in [-0.39, 0.29) is 12.1 Å². The summed E-state index contributed by atoms with van der Waals surface area (Å²) in [5.74, 6) is 1.58. The Morgan fingerprint density at radius 2 is 2.05 bits per heavy atom. The van der Waals surface area contributed by atoms with Crippen LogP contribution in [-0.4, -0.2) is 24.3 Å². The smallest absolute Gasteiger partial charge is 0.305 e. The molecule has 1 N–H and O–H groups in total. The first-order valence-corrected chi connectivity index (χ1v) is 7.70. The van der Waals surface area contributed by atoms with Crippen LogP contribution in [0.3, 0.4) is 0 Å². The van der Waals surface area contributed by atoms with Crippen LogP contribution in [0.15, 0.2) is 24.3 Å². The van der Waals surface area contributed by atoms with Gasteiger partial charge in [0, 0.05) is 6.42 Å². The number of hydrogen-bond donors (Lipinski definition) is 1. The number of carbonyl (C=O) groups excluding carboxylic acids is 1. The molecule has 1 aliphatic rings. The van der Waals surface area contributed by atoms with Crippen molar-refractivity contribution in [3.05, 3.63) is 24.3 Å². The van der Waals surface area contributed by atoms with Crippen molar-refractivity contribution in [1.82, 2.24) is 0 Å². The minimum absolute atomic E-state index is 0.121. The zero-order valence-corrected chi connectivity index (χ0v) is 12.8. The molecule has 3 nitrogen and oxygen atoms in total. The summed E-state index contributed by atoms with van der Waals surface area (Å²) in [7, 11) is 1.43.